The van der Waals surface area contributed by atoms with Crippen molar-refractivity contribution in [3.8, 4) is 0 Å². The molecule has 0 saturated heterocycles. The lowest BCUT2D eigenvalue weighted by Gasteiger charge is -2.16. The number of hydrogen-bond acceptors (Lipinski definition) is 3. The lowest BCUT2D eigenvalue weighted by Crippen LogP contribution is -2.32. The molecule has 4 nitrogen and oxygen atoms in total. The van der Waals surface area contributed by atoms with Crippen molar-refractivity contribution in [2.45, 2.75) is 32.6 Å². The van der Waals surface area contributed by atoms with Crippen LogP contribution in [0, 0.1) is 5.95 Å². The van der Waals surface area contributed by atoms with Gasteiger partial charge < -0.3 is 9.64 Å². The molecule has 0 atom stereocenters. The van der Waals surface area contributed by atoms with Gasteiger partial charge in [-0.3, -0.25) is 4.79 Å². The van der Waals surface area contributed by atoms with Gasteiger partial charge in [-0.15, -0.1) is 0 Å². The van der Waals surface area contributed by atoms with E-state index in [1.54, 1.807) is 11.0 Å². The largest absolute Gasteiger partial charge is 0.372 e. The zero-order chi connectivity index (χ0) is 13.7. The predicted octanol–water partition coefficient (Wildman–Crippen LogP) is 2.32. The fraction of sp³-hybridized carbons (Fsp3) is 0.571. The number of halogens is 1. The maximum atomic E-state index is 13.0. The Bertz CT molecular complexity index is 451. The number of rotatable bonds is 6. The molecule has 19 heavy (non-hydrogen) atoms. The number of carbonyl (C=O) groups is 1. The van der Waals surface area contributed by atoms with Crippen LogP contribution in [0.4, 0.5) is 10.1 Å². The summed E-state index contributed by atoms with van der Waals surface area (Å²) in [5.41, 5.74) is 1.36. The molecule has 1 aliphatic heterocycles. The molecule has 1 aromatic heterocycles. The van der Waals surface area contributed by atoms with Crippen molar-refractivity contribution in [3.05, 3.63) is 23.8 Å². The standard InChI is InChI=1S/C14H19FN2O2/c1-2-3-4-9-19-10-14(18)17-8-7-11-12(17)5-6-13(15)16-11/h5-6H,2-4,7-10H2,1H3. The van der Waals surface area contributed by atoms with E-state index in [0.29, 0.717) is 31.0 Å². The first-order valence-electron chi connectivity index (χ1n) is 6.76. The molecule has 0 N–H and O–H groups in total. The van der Waals surface area contributed by atoms with Gasteiger partial charge in [-0.1, -0.05) is 19.8 Å². The van der Waals surface area contributed by atoms with Crippen molar-refractivity contribution < 1.29 is 13.9 Å². The summed E-state index contributed by atoms with van der Waals surface area (Å²) >= 11 is 0. The second-order valence-electron chi connectivity index (χ2n) is 4.65. The molecule has 2 rings (SSSR count). The summed E-state index contributed by atoms with van der Waals surface area (Å²) in [6.45, 7) is 3.38. The number of amides is 1. The van der Waals surface area contributed by atoms with E-state index in [1.807, 2.05) is 0 Å². The maximum absolute atomic E-state index is 13.0. The Labute approximate surface area is 112 Å². The molecular weight excluding hydrogens is 247 g/mol. The van der Waals surface area contributed by atoms with Crippen LogP contribution in [0.5, 0.6) is 0 Å². The van der Waals surface area contributed by atoms with E-state index < -0.39 is 5.95 Å². The van der Waals surface area contributed by atoms with Crippen molar-refractivity contribution in [1.29, 1.82) is 0 Å². The molecule has 0 bridgehead atoms. The molecule has 0 unspecified atom stereocenters. The number of carbonyl (C=O) groups excluding carboxylic acids is 1. The molecule has 0 fully saturated rings. The van der Waals surface area contributed by atoms with Crippen molar-refractivity contribution in [1.82, 2.24) is 4.98 Å². The summed E-state index contributed by atoms with van der Waals surface area (Å²) < 4.78 is 18.3. The molecular formula is C14H19FN2O2. The minimum Gasteiger partial charge on any atom is -0.372 e. The monoisotopic (exact) mass is 266 g/mol. The quantitative estimate of drug-likeness (QED) is 0.586. The minimum atomic E-state index is -0.496. The van der Waals surface area contributed by atoms with E-state index in [1.165, 1.54) is 6.07 Å². The average Bonchev–Trinajstić information content (AvgIpc) is 2.81. The molecule has 1 aliphatic rings. The van der Waals surface area contributed by atoms with Crippen LogP contribution in [0.2, 0.25) is 0 Å². The summed E-state index contributed by atoms with van der Waals surface area (Å²) in [4.78, 5) is 17.4. The second-order valence-corrected chi connectivity index (χ2v) is 4.65. The number of unbranched alkanes of at least 4 members (excludes halogenated alkanes) is 2. The Hall–Kier alpha value is -1.49. The third-order valence-corrected chi connectivity index (χ3v) is 3.20. The van der Waals surface area contributed by atoms with Gasteiger partial charge in [-0.25, -0.2) is 4.98 Å². The highest BCUT2D eigenvalue weighted by Crippen LogP contribution is 2.26. The molecule has 0 radical (unpaired) electrons. The summed E-state index contributed by atoms with van der Waals surface area (Å²) in [5.74, 6) is -0.576. The predicted molar refractivity (Wildman–Crippen MR) is 70.6 cm³/mol. The van der Waals surface area contributed by atoms with Crippen LogP contribution in [-0.2, 0) is 16.0 Å². The van der Waals surface area contributed by atoms with E-state index in [9.17, 15) is 9.18 Å². The van der Waals surface area contributed by atoms with E-state index in [-0.39, 0.29) is 12.5 Å². The van der Waals surface area contributed by atoms with Gasteiger partial charge in [-0.05, 0) is 18.6 Å². The number of fused-ring (bicyclic) bond motifs is 1. The van der Waals surface area contributed by atoms with Crippen molar-refractivity contribution in [2.75, 3.05) is 24.7 Å². The molecule has 104 valence electrons. The normalized spacial score (nSPS) is 13.7. The fourth-order valence-electron chi connectivity index (χ4n) is 2.19. The van der Waals surface area contributed by atoms with Gasteiger partial charge in [0.25, 0.3) is 5.91 Å². The topological polar surface area (TPSA) is 42.4 Å². The van der Waals surface area contributed by atoms with Crippen molar-refractivity contribution >= 4 is 11.6 Å². The first-order chi connectivity index (χ1) is 9.22. The van der Waals surface area contributed by atoms with Crippen LogP contribution in [-0.4, -0.2) is 30.6 Å². The van der Waals surface area contributed by atoms with Crippen LogP contribution in [0.1, 0.15) is 31.9 Å². The lowest BCUT2D eigenvalue weighted by atomic mass is 10.3. The molecule has 2 heterocycles. The van der Waals surface area contributed by atoms with Gasteiger partial charge in [0.15, 0.2) is 0 Å². The SMILES string of the molecule is CCCCCOCC(=O)N1CCc2nc(F)ccc21. The van der Waals surface area contributed by atoms with Gasteiger partial charge >= 0.3 is 0 Å². The first-order valence-corrected chi connectivity index (χ1v) is 6.76. The van der Waals surface area contributed by atoms with E-state index >= 15 is 0 Å². The Morgan fingerprint density at radius 2 is 2.32 bits per heavy atom. The maximum Gasteiger partial charge on any atom is 0.253 e. The van der Waals surface area contributed by atoms with Crippen LogP contribution in [0.15, 0.2) is 12.1 Å². The molecule has 1 aromatic rings. The van der Waals surface area contributed by atoms with E-state index in [0.717, 1.165) is 19.3 Å². The van der Waals surface area contributed by atoms with Crippen molar-refractivity contribution in [2.24, 2.45) is 0 Å². The van der Waals surface area contributed by atoms with E-state index in [2.05, 4.69) is 11.9 Å². The summed E-state index contributed by atoms with van der Waals surface area (Å²) in [7, 11) is 0. The number of ether oxygens (including phenoxy) is 1. The van der Waals surface area contributed by atoms with Gasteiger partial charge in [0.2, 0.25) is 5.95 Å². The number of anilines is 1. The first kappa shape index (κ1) is 13.9. The highest BCUT2D eigenvalue weighted by Gasteiger charge is 2.25. The van der Waals surface area contributed by atoms with Crippen LogP contribution in [0.3, 0.4) is 0 Å². The second kappa shape index (κ2) is 6.61. The van der Waals surface area contributed by atoms with Crippen LogP contribution in [0.25, 0.3) is 0 Å². The molecule has 5 heteroatoms. The van der Waals surface area contributed by atoms with Gasteiger partial charge in [-0.2, -0.15) is 4.39 Å². The Morgan fingerprint density at radius 1 is 1.47 bits per heavy atom. The smallest absolute Gasteiger partial charge is 0.253 e. The van der Waals surface area contributed by atoms with Crippen LogP contribution < -0.4 is 4.90 Å². The highest BCUT2D eigenvalue weighted by molar-refractivity contribution is 5.95. The van der Waals surface area contributed by atoms with Gasteiger partial charge in [0.1, 0.15) is 6.61 Å². The third kappa shape index (κ3) is 3.50. The summed E-state index contributed by atoms with van der Waals surface area (Å²) in [6.07, 6.45) is 3.83. The Kier molecular flexibility index (Phi) is 4.85. The zero-order valence-corrected chi connectivity index (χ0v) is 11.2. The Morgan fingerprint density at radius 3 is 3.11 bits per heavy atom. The van der Waals surface area contributed by atoms with Gasteiger partial charge in [0.05, 0.1) is 11.4 Å². The van der Waals surface area contributed by atoms with Crippen LogP contribution >= 0.6 is 0 Å². The van der Waals surface area contributed by atoms with Gasteiger partial charge in [0, 0.05) is 19.6 Å². The molecule has 0 spiro atoms. The third-order valence-electron chi connectivity index (χ3n) is 3.20. The minimum absolute atomic E-state index is 0.0799. The molecule has 0 saturated carbocycles. The fourth-order valence-corrected chi connectivity index (χ4v) is 2.19. The number of aromatic nitrogens is 1. The molecule has 0 aromatic carbocycles. The zero-order valence-electron chi connectivity index (χ0n) is 11.2. The average molecular weight is 266 g/mol. The summed E-state index contributed by atoms with van der Waals surface area (Å²) in [5, 5.41) is 0. The lowest BCUT2D eigenvalue weighted by molar-refractivity contribution is -0.123. The highest BCUT2D eigenvalue weighted by atomic mass is 19.1. The Balaban J connectivity index is 1.85. The van der Waals surface area contributed by atoms with E-state index in [4.69, 9.17) is 4.74 Å². The number of pyridine rings is 1. The summed E-state index contributed by atoms with van der Waals surface area (Å²) in [6, 6.07) is 2.90. The molecule has 1 amide bonds. The van der Waals surface area contributed by atoms with Crippen molar-refractivity contribution in [3.63, 3.8) is 0 Å². The number of nitrogens with zero attached hydrogens (tertiary/aromatic N) is 2. The number of hydrogen-bond donors (Lipinski definition) is 0. The molecule has 0 aliphatic carbocycles.